The number of amides is 2. The second-order valence-corrected chi connectivity index (χ2v) is 9.74. The molecule has 5 aromatic rings. The Hall–Kier alpha value is -5.50. The molecule has 0 spiro atoms. The summed E-state index contributed by atoms with van der Waals surface area (Å²) < 4.78 is 0. The summed E-state index contributed by atoms with van der Waals surface area (Å²) in [6, 6.07) is 30.1. The van der Waals surface area contributed by atoms with Gasteiger partial charge in [-0.3, -0.25) is 9.59 Å². The fourth-order valence-electron chi connectivity index (χ4n) is 4.31. The van der Waals surface area contributed by atoms with E-state index < -0.39 is 11.9 Å². The average molecular weight is 565 g/mol. The Morgan fingerprint density at radius 1 is 0.500 bits per heavy atom. The van der Waals surface area contributed by atoms with Gasteiger partial charge in [0.15, 0.2) is 0 Å². The average Bonchev–Trinajstić information content (AvgIpc) is 3.00. The molecule has 0 aliphatic heterocycles. The van der Waals surface area contributed by atoms with Crippen LogP contribution in [0.1, 0.15) is 20.7 Å². The molecule has 2 amide bonds. The number of rotatable bonds is 6. The van der Waals surface area contributed by atoms with E-state index in [1.807, 2.05) is 48.5 Å². The van der Waals surface area contributed by atoms with Crippen molar-refractivity contribution in [1.82, 2.24) is 9.80 Å². The van der Waals surface area contributed by atoms with Crippen LogP contribution in [-0.4, -0.2) is 73.0 Å². The van der Waals surface area contributed by atoms with E-state index in [0.717, 1.165) is 56.6 Å². The van der Waals surface area contributed by atoms with Crippen molar-refractivity contribution in [2.75, 3.05) is 28.2 Å². The van der Waals surface area contributed by atoms with Crippen molar-refractivity contribution in [3.05, 3.63) is 108 Å². The molecule has 0 heterocycles. The van der Waals surface area contributed by atoms with E-state index in [1.54, 1.807) is 52.5 Å². The van der Waals surface area contributed by atoms with Gasteiger partial charge in [-0.1, -0.05) is 72.8 Å². The highest BCUT2D eigenvalue weighted by molar-refractivity contribution is 6.21. The van der Waals surface area contributed by atoms with E-state index in [2.05, 4.69) is 24.3 Å². The highest BCUT2D eigenvalue weighted by Crippen LogP contribution is 2.43. The van der Waals surface area contributed by atoms with Crippen LogP contribution in [0.15, 0.2) is 97.1 Å². The van der Waals surface area contributed by atoms with Crippen LogP contribution < -0.4 is 0 Å². The third-order valence-electron chi connectivity index (χ3n) is 6.19. The third kappa shape index (κ3) is 7.37. The number of hydrogen-bond acceptors (Lipinski definition) is 4. The lowest BCUT2D eigenvalue weighted by molar-refractivity contribution is -0.116. The first-order chi connectivity index (χ1) is 20.1. The molecule has 214 valence electrons. The molecular formula is C34H32N2O6. The molecular weight excluding hydrogens is 532 g/mol. The first-order valence-corrected chi connectivity index (χ1v) is 12.9. The Labute approximate surface area is 244 Å². The Morgan fingerprint density at radius 2 is 0.738 bits per heavy atom. The summed E-state index contributed by atoms with van der Waals surface area (Å²) in [5.74, 6) is -1.90. The fourth-order valence-corrected chi connectivity index (χ4v) is 4.31. The number of carboxylic acid groups (broad SMARTS) is 2. The maximum absolute atomic E-state index is 11.3. The molecule has 5 rings (SSSR count). The Bertz CT molecular complexity index is 1520. The molecule has 0 aromatic heterocycles. The van der Waals surface area contributed by atoms with Gasteiger partial charge >= 0.3 is 11.9 Å². The molecule has 0 radical (unpaired) electrons. The number of carboxylic acids is 2. The van der Waals surface area contributed by atoms with Crippen molar-refractivity contribution < 1.29 is 29.4 Å². The van der Waals surface area contributed by atoms with Gasteiger partial charge in [-0.25, -0.2) is 9.59 Å². The second kappa shape index (κ2) is 14.2. The van der Waals surface area contributed by atoms with E-state index in [-0.39, 0.29) is 11.1 Å². The van der Waals surface area contributed by atoms with Crippen molar-refractivity contribution in [3.8, 4) is 22.3 Å². The maximum Gasteiger partial charge on any atom is 0.335 e. The van der Waals surface area contributed by atoms with Crippen molar-refractivity contribution >= 4 is 46.3 Å². The first-order valence-electron chi connectivity index (χ1n) is 12.9. The zero-order valence-corrected chi connectivity index (χ0v) is 23.8. The molecule has 5 aromatic carbocycles. The minimum absolute atomic E-state index is 0.248. The van der Waals surface area contributed by atoms with E-state index in [1.165, 1.54) is 9.80 Å². The Balaban J connectivity index is 0.000000420. The number of benzene rings is 5. The lowest BCUT2D eigenvalue weighted by Gasteiger charge is -2.17. The molecule has 0 unspecified atom stereocenters. The van der Waals surface area contributed by atoms with Gasteiger partial charge < -0.3 is 20.0 Å². The predicted molar refractivity (Wildman–Crippen MR) is 166 cm³/mol. The van der Waals surface area contributed by atoms with E-state index >= 15 is 0 Å². The monoisotopic (exact) mass is 564 g/mol. The molecule has 0 aliphatic carbocycles. The van der Waals surface area contributed by atoms with Crippen molar-refractivity contribution in [2.45, 2.75) is 0 Å². The molecule has 0 bridgehead atoms. The molecule has 0 saturated heterocycles. The molecule has 0 fully saturated rings. The van der Waals surface area contributed by atoms with Crippen LogP contribution >= 0.6 is 0 Å². The summed E-state index contributed by atoms with van der Waals surface area (Å²) in [7, 11) is 6.75. The maximum atomic E-state index is 11.3. The van der Waals surface area contributed by atoms with Gasteiger partial charge in [-0.05, 0) is 68.1 Å². The van der Waals surface area contributed by atoms with Crippen LogP contribution in [0, 0.1) is 0 Å². The Kier molecular flexibility index (Phi) is 10.5. The third-order valence-corrected chi connectivity index (χ3v) is 6.19. The summed E-state index contributed by atoms with van der Waals surface area (Å²) >= 11 is 0. The van der Waals surface area contributed by atoms with Gasteiger partial charge in [0.25, 0.3) is 0 Å². The zero-order valence-electron chi connectivity index (χ0n) is 23.8. The van der Waals surface area contributed by atoms with Crippen LogP contribution in [0.25, 0.3) is 43.8 Å². The van der Waals surface area contributed by atoms with E-state index in [9.17, 15) is 29.4 Å². The Morgan fingerprint density at radius 3 is 0.929 bits per heavy atom. The summed E-state index contributed by atoms with van der Waals surface area (Å²) in [6.07, 6.45) is 1.50. The van der Waals surface area contributed by atoms with E-state index in [0.29, 0.717) is 0 Å². The zero-order chi connectivity index (χ0) is 30.8. The molecule has 2 N–H and O–H groups in total. The van der Waals surface area contributed by atoms with Gasteiger partial charge in [-0.2, -0.15) is 0 Å². The minimum Gasteiger partial charge on any atom is -0.478 e. The molecule has 8 heteroatoms. The van der Waals surface area contributed by atoms with Gasteiger partial charge in [0.2, 0.25) is 12.8 Å². The van der Waals surface area contributed by atoms with Crippen LogP contribution in [0.2, 0.25) is 0 Å². The molecule has 0 aliphatic rings. The van der Waals surface area contributed by atoms with Gasteiger partial charge in [0.05, 0.1) is 11.1 Å². The summed E-state index contributed by atoms with van der Waals surface area (Å²) in [4.78, 5) is 44.4. The molecule has 0 saturated carbocycles. The highest BCUT2D eigenvalue weighted by atomic mass is 16.4. The van der Waals surface area contributed by atoms with Crippen molar-refractivity contribution in [2.24, 2.45) is 0 Å². The van der Waals surface area contributed by atoms with Crippen LogP contribution in [0.5, 0.6) is 0 Å². The number of fused-ring (bicyclic) bond motifs is 2. The largest absolute Gasteiger partial charge is 0.478 e. The SMILES string of the molecule is CN(C)C=O.CN(C)C=O.O=C(O)c1ccc(-c2c3ccccc3c(-c3ccc(C(=O)O)cc3)c3ccccc23)cc1. The standard InChI is InChI=1S/C28H18O4.2C3H7NO/c29-27(30)19-13-9-17(10-14-19)25-21-5-1-2-6-22(21)26(24-8-4-3-7-23(24)25)18-11-15-20(16-12-18)28(31)32;2*1-4(2)3-5/h1-16H,(H,29,30)(H,31,32);2*3H,1-2H3. The summed E-state index contributed by atoms with van der Waals surface area (Å²) in [5, 5.41) is 22.7. The van der Waals surface area contributed by atoms with Crippen LogP contribution in [-0.2, 0) is 9.59 Å². The highest BCUT2D eigenvalue weighted by Gasteiger charge is 2.17. The van der Waals surface area contributed by atoms with Gasteiger partial charge in [0, 0.05) is 28.2 Å². The lowest BCUT2D eigenvalue weighted by atomic mass is 9.86. The normalized spacial score (nSPS) is 10.0. The lowest BCUT2D eigenvalue weighted by Crippen LogP contribution is -2.06. The van der Waals surface area contributed by atoms with Crippen molar-refractivity contribution in [1.29, 1.82) is 0 Å². The van der Waals surface area contributed by atoms with Crippen molar-refractivity contribution in [3.63, 3.8) is 0 Å². The molecule has 8 nitrogen and oxygen atoms in total. The summed E-state index contributed by atoms with van der Waals surface area (Å²) in [5.41, 5.74) is 4.46. The topological polar surface area (TPSA) is 115 Å². The minimum atomic E-state index is -0.952. The number of nitrogens with zero attached hydrogens (tertiary/aromatic N) is 2. The smallest absolute Gasteiger partial charge is 0.335 e. The van der Waals surface area contributed by atoms with Gasteiger partial charge in [-0.15, -0.1) is 0 Å². The number of carbonyl (C=O) groups excluding carboxylic acids is 2. The number of aromatic carboxylic acids is 2. The predicted octanol–water partition coefficient (Wildman–Crippen LogP) is 6.13. The number of hydrogen-bond donors (Lipinski definition) is 2. The number of carbonyl (C=O) groups is 4. The van der Waals surface area contributed by atoms with E-state index in [4.69, 9.17) is 0 Å². The van der Waals surface area contributed by atoms with Crippen LogP contribution in [0.3, 0.4) is 0 Å². The molecule has 0 atom stereocenters. The second-order valence-electron chi connectivity index (χ2n) is 9.74. The summed E-state index contributed by atoms with van der Waals surface area (Å²) in [6.45, 7) is 0. The first kappa shape index (κ1) is 31.0. The van der Waals surface area contributed by atoms with Gasteiger partial charge in [0.1, 0.15) is 0 Å². The van der Waals surface area contributed by atoms with Crippen LogP contribution in [0.4, 0.5) is 0 Å². The fraction of sp³-hybridized carbons (Fsp3) is 0.118. The molecule has 42 heavy (non-hydrogen) atoms. The quantitative estimate of drug-likeness (QED) is 0.189.